The first-order valence-electron chi connectivity index (χ1n) is 11.5. The van der Waals surface area contributed by atoms with Crippen LogP contribution in [0.15, 0.2) is 48.5 Å². The Morgan fingerprint density at radius 2 is 1.76 bits per heavy atom. The van der Waals surface area contributed by atoms with Gasteiger partial charge < -0.3 is 24.0 Å². The predicted octanol–water partition coefficient (Wildman–Crippen LogP) is 2.76. The van der Waals surface area contributed by atoms with Crippen LogP contribution in [0.5, 0.6) is 5.75 Å². The Bertz CT molecular complexity index is 1050. The highest BCUT2D eigenvalue weighted by Crippen LogP contribution is 2.29. The van der Waals surface area contributed by atoms with Gasteiger partial charge in [0.1, 0.15) is 12.3 Å². The average Bonchev–Trinajstić information content (AvgIpc) is 3.70. The minimum absolute atomic E-state index is 0.0610. The van der Waals surface area contributed by atoms with Crippen LogP contribution in [0.2, 0.25) is 0 Å². The van der Waals surface area contributed by atoms with E-state index in [1.807, 2.05) is 24.3 Å². The van der Waals surface area contributed by atoms with Crippen LogP contribution in [0.3, 0.4) is 0 Å². The molecular weight excluding hydrogens is 436 g/mol. The minimum Gasteiger partial charge on any atom is -0.497 e. The van der Waals surface area contributed by atoms with Crippen LogP contribution in [-0.4, -0.2) is 74.1 Å². The molecule has 0 radical (unpaired) electrons. The van der Waals surface area contributed by atoms with Gasteiger partial charge in [-0.2, -0.15) is 0 Å². The summed E-state index contributed by atoms with van der Waals surface area (Å²) >= 11 is 0. The first kappa shape index (κ1) is 23.8. The molecule has 1 saturated carbocycles. The number of hydrogen-bond acceptors (Lipinski definition) is 6. The monoisotopic (exact) mass is 466 g/mol. The Hall–Kier alpha value is -3.39. The fourth-order valence-electron chi connectivity index (χ4n) is 4.02. The van der Waals surface area contributed by atoms with Crippen molar-refractivity contribution in [3.05, 3.63) is 65.2 Å². The first-order chi connectivity index (χ1) is 16.5. The summed E-state index contributed by atoms with van der Waals surface area (Å²) in [5.41, 5.74) is 1.56. The fourth-order valence-corrected chi connectivity index (χ4v) is 4.02. The number of hydrogen-bond donors (Lipinski definition) is 0. The van der Waals surface area contributed by atoms with E-state index >= 15 is 0 Å². The molecule has 34 heavy (non-hydrogen) atoms. The van der Waals surface area contributed by atoms with Gasteiger partial charge in [0.2, 0.25) is 5.91 Å². The van der Waals surface area contributed by atoms with E-state index in [4.69, 9.17) is 14.2 Å². The zero-order chi connectivity index (χ0) is 24.1. The van der Waals surface area contributed by atoms with E-state index in [0.29, 0.717) is 37.7 Å². The Morgan fingerprint density at radius 1 is 1.00 bits per heavy atom. The topological polar surface area (TPSA) is 85.4 Å². The summed E-state index contributed by atoms with van der Waals surface area (Å²) < 4.78 is 16.2. The van der Waals surface area contributed by atoms with E-state index in [1.54, 1.807) is 30.2 Å². The maximum atomic E-state index is 13.3. The maximum absolute atomic E-state index is 13.3. The molecular formula is C26H30N2O6. The van der Waals surface area contributed by atoms with Crippen molar-refractivity contribution < 1.29 is 28.6 Å². The smallest absolute Gasteiger partial charge is 0.337 e. The van der Waals surface area contributed by atoms with Gasteiger partial charge in [0.25, 0.3) is 5.91 Å². The van der Waals surface area contributed by atoms with Crippen LogP contribution >= 0.6 is 0 Å². The Balaban J connectivity index is 1.53. The Kier molecular flexibility index (Phi) is 7.47. The number of carbonyl (C=O) groups is 3. The molecule has 180 valence electrons. The van der Waals surface area contributed by atoms with Gasteiger partial charge in [0.05, 0.1) is 25.9 Å². The fraction of sp³-hybridized carbons (Fsp3) is 0.423. The third-order valence-corrected chi connectivity index (χ3v) is 6.12. The van der Waals surface area contributed by atoms with E-state index < -0.39 is 5.97 Å². The van der Waals surface area contributed by atoms with Crippen LogP contribution in [0, 0.1) is 5.92 Å². The van der Waals surface area contributed by atoms with Gasteiger partial charge in [0, 0.05) is 31.8 Å². The van der Waals surface area contributed by atoms with Crippen molar-refractivity contribution in [3.8, 4) is 5.75 Å². The minimum atomic E-state index is -0.517. The molecule has 2 aromatic rings. The van der Waals surface area contributed by atoms with E-state index in [-0.39, 0.29) is 30.0 Å². The van der Waals surface area contributed by atoms with Gasteiger partial charge >= 0.3 is 5.97 Å². The lowest BCUT2D eigenvalue weighted by molar-refractivity contribution is -0.132. The molecule has 1 aliphatic heterocycles. The van der Waals surface area contributed by atoms with Crippen LogP contribution in [0.1, 0.15) is 39.1 Å². The van der Waals surface area contributed by atoms with E-state index in [0.717, 1.165) is 24.2 Å². The van der Waals surface area contributed by atoms with Crippen LogP contribution in [0.4, 0.5) is 0 Å². The lowest BCUT2D eigenvalue weighted by Crippen LogP contribution is -2.39. The van der Waals surface area contributed by atoms with Crippen molar-refractivity contribution in [2.75, 3.05) is 40.5 Å². The average molecular weight is 467 g/mol. The third kappa shape index (κ3) is 5.94. The van der Waals surface area contributed by atoms with Crippen molar-refractivity contribution in [1.82, 2.24) is 9.80 Å². The summed E-state index contributed by atoms with van der Waals surface area (Å²) in [6, 6.07) is 14.0. The molecule has 2 aromatic carbocycles. The highest BCUT2D eigenvalue weighted by atomic mass is 16.5. The molecule has 2 aliphatic rings. The summed E-state index contributed by atoms with van der Waals surface area (Å²) in [6.07, 6.45) is 2.01. The van der Waals surface area contributed by atoms with Crippen molar-refractivity contribution in [2.45, 2.75) is 25.5 Å². The number of benzene rings is 2. The van der Waals surface area contributed by atoms with Crippen LogP contribution < -0.4 is 4.74 Å². The molecule has 1 saturated heterocycles. The Morgan fingerprint density at radius 3 is 2.50 bits per heavy atom. The molecule has 8 heteroatoms. The lowest BCUT2D eigenvalue weighted by Gasteiger charge is -2.25. The van der Waals surface area contributed by atoms with Gasteiger partial charge in [-0.3, -0.25) is 9.59 Å². The SMILES string of the molecule is COC(=O)c1cccc(C(=O)N2CC(=O)N(Cc3cccc(OC)c3)C[C@@H](OCC3CC3)C2)c1. The van der Waals surface area contributed by atoms with Crippen LogP contribution in [-0.2, 0) is 20.8 Å². The third-order valence-electron chi connectivity index (χ3n) is 6.12. The second-order valence-corrected chi connectivity index (χ2v) is 8.78. The molecule has 8 nitrogen and oxygen atoms in total. The van der Waals surface area contributed by atoms with E-state index in [2.05, 4.69) is 0 Å². The van der Waals surface area contributed by atoms with Crippen molar-refractivity contribution in [1.29, 1.82) is 0 Å². The standard InChI is InChI=1S/C26H30N2O6/c1-32-22-8-3-5-19(11-22)13-27-14-23(34-17-18-9-10-18)15-28(16-24(27)29)25(30)20-6-4-7-21(12-20)26(31)33-2/h3-8,11-12,18,23H,9-10,13-17H2,1-2H3/t23-/m1/s1. The zero-order valence-corrected chi connectivity index (χ0v) is 19.6. The van der Waals surface area contributed by atoms with Gasteiger partial charge in [-0.05, 0) is 54.7 Å². The van der Waals surface area contributed by atoms with E-state index in [1.165, 1.54) is 18.1 Å². The van der Waals surface area contributed by atoms with Gasteiger partial charge in [-0.1, -0.05) is 18.2 Å². The van der Waals surface area contributed by atoms with Crippen molar-refractivity contribution >= 4 is 17.8 Å². The van der Waals surface area contributed by atoms with Gasteiger partial charge in [-0.25, -0.2) is 4.79 Å². The van der Waals surface area contributed by atoms with Gasteiger partial charge in [0.15, 0.2) is 0 Å². The van der Waals surface area contributed by atoms with Crippen LogP contribution in [0.25, 0.3) is 0 Å². The quantitative estimate of drug-likeness (QED) is 0.556. The lowest BCUT2D eigenvalue weighted by atomic mass is 10.1. The number of nitrogens with zero attached hydrogens (tertiary/aromatic N) is 2. The first-order valence-corrected chi connectivity index (χ1v) is 11.5. The second-order valence-electron chi connectivity index (χ2n) is 8.78. The number of esters is 1. The molecule has 0 N–H and O–H groups in total. The highest BCUT2D eigenvalue weighted by Gasteiger charge is 2.33. The van der Waals surface area contributed by atoms with Crippen molar-refractivity contribution in [3.63, 3.8) is 0 Å². The summed E-state index contributed by atoms with van der Waals surface area (Å²) in [7, 11) is 2.90. The number of methoxy groups -OCH3 is 2. The molecule has 1 atom stereocenters. The number of amides is 2. The summed E-state index contributed by atoms with van der Waals surface area (Å²) in [5, 5.41) is 0. The molecule has 4 rings (SSSR count). The number of carbonyl (C=O) groups excluding carboxylic acids is 3. The molecule has 1 aliphatic carbocycles. The summed E-state index contributed by atoms with van der Waals surface area (Å²) in [6.45, 7) is 1.67. The predicted molar refractivity (Wildman–Crippen MR) is 125 cm³/mol. The van der Waals surface area contributed by atoms with Crippen molar-refractivity contribution in [2.24, 2.45) is 5.92 Å². The molecule has 1 heterocycles. The highest BCUT2D eigenvalue weighted by molar-refractivity contribution is 5.99. The normalized spacial score (nSPS) is 18.4. The largest absolute Gasteiger partial charge is 0.497 e. The van der Waals surface area contributed by atoms with Gasteiger partial charge in [-0.15, -0.1) is 0 Å². The molecule has 0 unspecified atom stereocenters. The van der Waals surface area contributed by atoms with E-state index in [9.17, 15) is 14.4 Å². The summed E-state index contributed by atoms with van der Waals surface area (Å²) in [5.74, 6) is 0.298. The molecule has 2 amide bonds. The number of rotatable bonds is 8. The molecule has 2 fully saturated rings. The molecule has 0 spiro atoms. The molecule has 0 bridgehead atoms. The Labute approximate surface area is 199 Å². The second kappa shape index (κ2) is 10.7. The summed E-state index contributed by atoms with van der Waals surface area (Å²) in [4.78, 5) is 41.7. The zero-order valence-electron chi connectivity index (χ0n) is 19.6. The number of ether oxygens (including phenoxy) is 3. The molecule has 0 aromatic heterocycles. The maximum Gasteiger partial charge on any atom is 0.337 e.